The average molecular weight is 383 g/mol. The Morgan fingerprint density at radius 1 is 1.42 bits per heavy atom. The number of primary amides is 1. The number of hydrogen-bond donors (Lipinski definition) is 3. The molecule has 142 valence electrons. The standard InChI is InChI=1S/C16H21N3O6S/c17-9-11-4-3-7-13(8-11)26(22,23)19-15(14(20)10-24-16(18)21)25-12-5-1-2-6-12/h3-4,7-8,12,14-15,19-20H,1-2,5-6,10H2,(H2,18,21). The fourth-order valence-corrected chi connectivity index (χ4v) is 3.83. The van der Waals surface area contributed by atoms with Crippen LogP contribution in [0.15, 0.2) is 29.2 Å². The molecule has 0 spiro atoms. The fraction of sp³-hybridized carbons (Fsp3) is 0.500. The lowest BCUT2D eigenvalue weighted by Gasteiger charge is -2.26. The molecular weight excluding hydrogens is 362 g/mol. The van der Waals surface area contributed by atoms with E-state index in [4.69, 9.17) is 15.7 Å². The smallest absolute Gasteiger partial charge is 0.404 e. The van der Waals surface area contributed by atoms with Crippen LogP contribution < -0.4 is 10.5 Å². The Labute approximate surface area is 151 Å². The Morgan fingerprint density at radius 3 is 2.73 bits per heavy atom. The van der Waals surface area contributed by atoms with Crippen LogP contribution in [0.2, 0.25) is 0 Å². The SMILES string of the molecule is N#Cc1cccc(S(=O)(=O)NC(OC2CCCC2)C(O)COC(N)=O)c1. The van der Waals surface area contributed by atoms with E-state index in [9.17, 15) is 18.3 Å². The molecule has 26 heavy (non-hydrogen) atoms. The van der Waals surface area contributed by atoms with Crippen LogP contribution in [0.3, 0.4) is 0 Å². The highest BCUT2D eigenvalue weighted by molar-refractivity contribution is 7.89. The summed E-state index contributed by atoms with van der Waals surface area (Å²) in [6.07, 6.45) is -0.698. The lowest BCUT2D eigenvalue weighted by molar-refractivity contribution is -0.0940. The number of carbonyl (C=O) groups is 1. The van der Waals surface area contributed by atoms with Crippen molar-refractivity contribution >= 4 is 16.1 Å². The summed E-state index contributed by atoms with van der Waals surface area (Å²) in [6.45, 7) is -0.520. The first-order valence-electron chi connectivity index (χ1n) is 8.10. The first-order valence-corrected chi connectivity index (χ1v) is 9.58. The minimum absolute atomic E-state index is 0.139. The van der Waals surface area contributed by atoms with E-state index >= 15 is 0 Å². The van der Waals surface area contributed by atoms with Crippen molar-refractivity contribution in [2.75, 3.05) is 6.61 Å². The van der Waals surface area contributed by atoms with Crippen molar-refractivity contribution in [1.82, 2.24) is 4.72 Å². The minimum Gasteiger partial charge on any atom is -0.447 e. The molecule has 1 aliphatic carbocycles. The topological polar surface area (TPSA) is 152 Å². The second-order valence-corrected chi connectivity index (χ2v) is 7.64. The second-order valence-electron chi connectivity index (χ2n) is 5.92. The molecule has 0 heterocycles. The van der Waals surface area contributed by atoms with E-state index in [0.717, 1.165) is 25.7 Å². The molecule has 1 amide bonds. The summed E-state index contributed by atoms with van der Waals surface area (Å²) in [5.74, 6) is 0. The number of aliphatic hydroxyl groups excluding tert-OH is 1. The molecule has 0 aliphatic heterocycles. The van der Waals surface area contributed by atoms with Gasteiger partial charge >= 0.3 is 6.09 Å². The number of nitriles is 1. The Morgan fingerprint density at radius 2 is 2.12 bits per heavy atom. The van der Waals surface area contributed by atoms with E-state index in [-0.39, 0.29) is 16.6 Å². The minimum atomic E-state index is -4.08. The van der Waals surface area contributed by atoms with Gasteiger partial charge in [-0.3, -0.25) is 0 Å². The summed E-state index contributed by atoms with van der Waals surface area (Å²) in [4.78, 5) is 10.6. The number of nitrogens with two attached hydrogens (primary N) is 1. The summed E-state index contributed by atoms with van der Waals surface area (Å²) >= 11 is 0. The molecule has 0 aromatic heterocycles. The molecule has 1 aromatic carbocycles. The summed E-state index contributed by atoms with van der Waals surface area (Å²) in [6, 6.07) is 7.30. The van der Waals surface area contributed by atoms with Crippen LogP contribution in [-0.4, -0.2) is 44.7 Å². The van der Waals surface area contributed by atoms with Gasteiger partial charge in [-0.15, -0.1) is 0 Å². The van der Waals surface area contributed by atoms with Crippen LogP contribution in [0.5, 0.6) is 0 Å². The summed E-state index contributed by atoms with van der Waals surface area (Å²) in [5.41, 5.74) is 5.05. The van der Waals surface area contributed by atoms with Gasteiger partial charge in [0, 0.05) is 0 Å². The molecule has 1 aliphatic rings. The summed E-state index contributed by atoms with van der Waals surface area (Å²) in [7, 11) is -4.08. The van der Waals surface area contributed by atoms with Crippen molar-refractivity contribution in [3.63, 3.8) is 0 Å². The zero-order chi connectivity index (χ0) is 19.2. The molecule has 1 aromatic rings. The Bertz CT molecular complexity index is 770. The van der Waals surface area contributed by atoms with Gasteiger partial charge in [0.05, 0.1) is 22.6 Å². The van der Waals surface area contributed by atoms with E-state index in [1.807, 2.05) is 6.07 Å². The Hall–Kier alpha value is -2.19. The molecule has 4 N–H and O–H groups in total. The van der Waals surface area contributed by atoms with Gasteiger partial charge in [0.1, 0.15) is 12.7 Å². The van der Waals surface area contributed by atoms with E-state index < -0.39 is 35.1 Å². The lowest BCUT2D eigenvalue weighted by atomic mass is 10.2. The zero-order valence-electron chi connectivity index (χ0n) is 14.0. The number of rotatable bonds is 8. The molecule has 2 rings (SSSR count). The van der Waals surface area contributed by atoms with Gasteiger partial charge in [0.25, 0.3) is 0 Å². The number of nitrogens with zero attached hydrogens (tertiary/aromatic N) is 1. The number of amides is 1. The van der Waals surface area contributed by atoms with Crippen LogP contribution in [0.4, 0.5) is 4.79 Å². The Kier molecular flexibility index (Phi) is 6.93. The van der Waals surface area contributed by atoms with Gasteiger partial charge in [-0.05, 0) is 31.0 Å². The van der Waals surface area contributed by atoms with Crippen molar-refractivity contribution in [3.8, 4) is 6.07 Å². The number of sulfonamides is 1. The molecular formula is C16H21N3O6S. The first-order chi connectivity index (χ1) is 12.3. The van der Waals surface area contributed by atoms with Gasteiger partial charge in [0.15, 0.2) is 6.23 Å². The van der Waals surface area contributed by atoms with Crippen molar-refractivity contribution in [1.29, 1.82) is 5.26 Å². The highest BCUT2D eigenvalue weighted by atomic mass is 32.2. The predicted molar refractivity (Wildman–Crippen MR) is 90.1 cm³/mol. The van der Waals surface area contributed by atoms with Crippen LogP contribution in [-0.2, 0) is 19.5 Å². The van der Waals surface area contributed by atoms with E-state index in [0.29, 0.717) is 0 Å². The molecule has 0 bridgehead atoms. The summed E-state index contributed by atoms with van der Waals surface area (Å²) in [5, 5.41) is 19.1. The van der Waals surface area contributed by atoms with E-state index in [1.165, 1.54) is 24.3 Å². The van der Waals surface area contributed by atoms with Crippen LogP contribution in [0.1, 0.15) is 31.2 Å². The van der Waals surface area contributed by atoms with Crippen LogP contribution in [0.25, 0.3) is 0 Å². The maximum Gasteiger partial charge on any atom is 0.404 e. The van der Waals surface area contributed by atoms with E-state index in [2.05, 4.69) is 9.46 Å². The fourth-order valence-electron chi connectivity index (χ4n) is 2.64. The molecule has 0 saturated heterocycles. The third-order valence-electron chi connectivity index (χ3n) is 3.93. The van der Waals surface area contributed by atoms with Gasteiger partial charge in [-0.2, -0.15) is 9.98 Å². The molecule has 0 radical (unpaired) electrons. The van der Waals surface area contributed by atoms with Gasteiger partial charge in [0.2, 0.25) is 10.0 Å². The number of benzene rings is 1. The van der Waals surface area contributed by atoms with Gasteiger partial charge in [-0.1, -0.05) is 18.9 Å². The van der Waals surface area contributed by atoms with Crippen LogP contribution >= 0.6 is 0 Å². The molecule has 2 atom stereocenters. The highest BCUT2D eigenvalue weighted by Crippen LogP contribution is 2.23. The van der Waals surface area contributed by atoms with Gasteiger partial charge in [-0.25, -0.2) is 13.2 Å². The van der Waals surface area contributed by atoms with Crippen molar-refractivity contribution < 1.29 is 27.8 Å². The monoisotopic (exact) mass is 383 g/mol. The third-order valence-corrected chi connectivity index (χ3v) is 5.35. The maximum absolute atomic E-state index is 12.6. The number of hydrogen-bond acceptors (Lipinski definition) is 7. The molecule has 2 unspecified atom stereocenters. The predicted octanol–water partition coefficient (Wildman–Crippen LogP) is 0.578. The molecule has 9 nitrogen and oxygen atoms in total. The lowest BCUT2D eigenvalue weighted by Crippen LogP contribution is -2.48. The normalized spacial score (nSPS) is 17.4. The third kappa shape index (κ3) is 5.67. The van der Waals surface area contributed by atoms with Gasteiger partial charge < -0.3 is 20.3 Å². The van der Waals surface area contributed by atoms with Crippen molar-refractivity contribution in [3.05, 3.63) is 29.8 Å². The van der Waals surface area contributed by atoms with Crippen molar-refractivity contribution in [2.45, 2.75) is 49.0 Å². The quantitative estimate of drug-likeness (QED) is 0.555. The maximum atomic E-state index is 12.6. The zero-order valence-corrected chi connectivity index (χ0v) is 14.8. The largest absolute Gasteiger partial charge is 0.447 e. The number of aliphatic hydroxyl groups is 1. The number of carbonyl (C=O) groups excluding carboxylic acids is 1. The number of nitrogens with one attached hydrogen (secondary N) is 1. The molecule has 10 heteroatoms. The average Bonchev–Trinajstić information content (AvgIpc) is 3.12. The molecule has 1 fully saturated rings. The Balaban J connectivity index is 2.17. The highest BCUT2D eigenvalue weighted by Gasteiger charge is 2.31. The van der Waals surface area contributed by atoms with Crippen molar-refractivity contribution in [2.24, 2.45) is 5.73 Å². The first kappa shape index (κ1) is 20.1. The number of ether oxygens (including phenoxy) is 2. The summed E-state index contributed by atoms with van der Waals surface area (Å²) < 4.78 is 37.7. The van der Waals surface area contributed by atoms with Crippen LogP contribution in [0, 0.1) is 11.3 Å². The molecule has 1 saturated carbocycles. The second kappa shape index (κ2) is 8.95. The van der Waals surface area contributed by atoms with E-state index in [1.54, 1.807) is 0 Å².